The van der Waals surface area contributed by atoms with Crippen LogP contribution in [-0.2, 0) is 0 Å². The van der Waals surface area contributed by atoms with Crippen molar-refractivity contribution in [3.63, 3.8) is 0 Å². The van der Waals surface area contributed by atoms with Crippen LogP contribution < -0.4 is 11.1 Å². The normalized spacial score (nSPS) is 9.62. The summed E-state index contributed by atoms with van der Waals surface area (Å²) >= 11 is 5.84. The highest BCUT2D eigenvalue weighted by Crippen LogP contribution is 2.23. The first-order chi connectivity index (χ1) is 10.1. The first-order valence-electron chi connectivity index (χ1n) is 6.19. The second-order valence-corrected chi connectivity index (χ2v) is 4.60. The molecule has 0 spiro atoms. The summed E-state index contributed by atoms with van der Waals surface area (Å²) in [5.74, 6) is 5.01. The summed E-state index contributed by atoms with van der Waals surface area (Å²) in [4.78, 5) is 12.2. The number of hydrogen-bond acceptors (Lipinski definition) is 3. The molecule has 21 heavy (non-hydrogen) atoms. The summed E-state index contributed by atoms with van der Waals surface area (Å²) in [6, 6.07) is 11.4. The monoisotopic (exact) mass is 300 g/mol. The fourth-order valence-corrected chi connectivity index (χ4v) is 1.90. The molecule has 0 saturated carbocycles. The van der Waals surface area contributed by atoms with Crippen molar-refractivity contribution in [2.24, 2.45) is 5.73 Å². The summed E-state index contributed by atoms with van der Waals surface area (Å²) in [5, 5.41) is 12.8. The molecular weight excluding hydrogens is 288 g/mol. The number of amides is 1. The quantitative estimate of drug-likeness (QED) is 0.746. The minimum atomic E-state index is -0.461. The van der Waals surface area contributed by atoms with Crippen LogP contribution in [0.4, 0.5) is 5.69 Å². The van der Waals surface area contributed by atoms with Crippen molar-refractivity contribution < 1.29 is 9.90 Å². The molecule has 2 rings (SSSR count). The van der Waals surface area contributed by atoms with Crippen molar-refractivity contribution in [3.8, 4) is 17.6 Å². The molecule has 106 valence electrons. The van der Waals surface area contributed by atoms with Gasteiger partial charge in [0, 0.05) is 10.6 Å². The van der Waals surface area contributed by atoms with Crippen LogP contribution in [0.3, 0.4) is 0 Å². The third-order valence-corrected chi connectivity index (χ3v) is 2.94. The number of anilines is 1. The Balaban J connectivity index is 2.30. The number of phenolic OH excluding ortho intramolecular Hbond substituents is 1. The van der Waals surface area contributed by atoms with E-state index < -0.39 is 5.91 Å². The standard InChI is InChI=1S/C16H13ClN2O2/c17-12-7-8-15(20)13(10-12)16(21)19-14-6-2-1-4-11(14)5-3-9-18/h1-2,4,6-8,10,20H,9,18H2,(H,19,21). The first kappa shape index (κ1) is 14.9. The van der Waals surface area contributed by atoms with Crippen molar-refractivity contribution in [2.45, 2.75) is 0 Å². The van der Waals surface area contributed by atoms with E-state index >= 15 is 0 Å². The number of para-hydroxylation sites is 1. The highest BCUT2D eigenvalue weighted by Gasteiger charge is 2.13. The molecule has 0 aliphatic heterocycles. The highest BCUT2D eigenvalue weighted by atomic mass is 35.5. The smallest absolute Gasteiger partial charge is 0.259 e. The van der Waals surface area contributed by atoms with Gasteiger partial charge in [0.25, 0.3) is 5.91 Å². The topological polar surface area (TPSA) is 75.3 Å². The van der Waals surface area contributed by atoms with Crippen LogP contribution in [-0.4, -0.2) is 17.6 Å². The van der Waals surface area contributed by atoms with Gasteiger partial charge in [-0.05, 0) is 30.3 Å². The third-order valence-electron chi connectivity index (χ3n) is 2.70. The van der Waals surface area contributed by atoms with Crippen LogP contribution in [0, 0.1) is 11.8 Å². The van der Waals surface area contributed by atoms with Crippen LogP contribution in [0.1, 0.15) is 15.9 Å². The zero-order chi connectivity index (χ0) is 15.2. The molecule has 0 aliphatic carbocycles. The van der Waals surface area contributed by atoms with E-state index in [0.29, 0.717) is 16.3 Å². The fourth-order valence-electron chi connectivity index (χ4n) is 1.73. The lowest BCUT2D eigenvalue weighted by molar-refractivity contribution is 0.102. The van der Waals surface area contributed by atoms with Gasteiger partial charge in [0.05, 0.1) is 17.8 Å². The number of halogens is 1. The van der Waals surface area contributed by atoms with Crippen LogP contribution in [0.15, 0.2) is 42.5 Å². The van der Waals surface area contributed by atoms with E-state index in [4.69, 9.17) is 17.3 Å². The number of phenols is 1. The summed E-state index contributed by atoms with van der Waals surface area (Å²) in [7, 11) is 0. The number of aromatic hydroxyl groups is 1. The second-order valence-electron chi connectivity index (χ2n) is 4.17. The van der Waals surface area contributed by atoms with Crippen LogP contribution >= 0.6 is 11.6 Å². The fraction of sp³-hybridized carbons (Fsp3) is 0.0625. The van der Waals surface area contributed by atoms with Gasteiger partial charge in [-0.15, -0.1) is 0 Å². The zero-order valence-electron chi connectivity index (χ0n) is 11.1. The molecule has 2 aromatic carbocycles. The average molecular weight is 301 g/mol. The van der Waals surface area contributed by atoms with Gasteiger partial charge in [-0.3, -0.25) is 4.79 Å². The molecule has 0 unspecified atom stereocenters. The van der Waals surface area contributed by atoms with Crippen molar-refractivity contribution >= 4 is 23.2 Å². The molecule has 4 N–H and O–H groups in total. The van der Waals surface area contributed by atoms with Gasteiger partial charge in [-0.2, -0.15) is 0 Å². The van der Waals surface area contributed by atoms with Gasteiger partial charge in [0.1, 0.15) is 5.75 Å². The number of nitrogens with one attached hydrogen (secondary N) is 1. The minimum Gasteiger partial charge on any atom is -0.507 e. The Kier molecular flexibility index (Phi) is 4.83. The van der Waals surface area contributed by atoms with E-state index in [1.807, 2.05) is 6.07 Å². The Hall–Kier alpha value is -2.48. The molecule has 1 amide bonds. The Morgan fingerprint density at radius 1 is 1.29 bits per heavy atom. The largest absolute Gasteiger partial charge is 0.507 e. The molecule has 0 heterocycles. The van der Waals surface area contributed by atoms with Crippen molar-refractivity contribution in [1.82, 2.24) is 0 Å². The van der Waals surface area contributed by atoms with E-state index in [1.54, 1.807) is 18.2 Å². The van der Waals surface area contributed by atoms with E-state index in [9.17, 15) is 9.90 Å². The molecule has 0 bridgehead atoms. The van der Waals surface area contributed by atoms with Gasteiger partial charge in [-0.1, -0.05) is 35.6 Å². The molecule has 0 fully saturated rings. The molecule has 4 nitrogen and oxygen atoms in total. The molecule has 5 heteroatoms. The first-order valence-corrected chi connectivity index (χ1v) is 6.57. The van der Waals surface area contributed by atoms with Gasteiger partial charge >= 0.3 is 0 Å². The van der Waals surface area contributed by atoms with Crippen molar-refractivity contribution in [3.05, 3.63) is 58.6 Å². The maximum absolute atomic E-state index is 12.2. The van der Waals surface area contributed by atoms with Gasteiger partial charge < -0.3 is 16.2 Å². The molecule has 0 radical (unpaired) electrons. The summed E-state index contributed by atoms with van der Waals surface area (Å²) < 4.78 is 0. The maximum Gasteiger partial charge on any atom is 0.259 e. The molecular formula is C16H13ClN2O2. The minimum absolute atomic E-state index is 0.101. The second kappa shape index (κ2) is 6.80. The van der Waals surface area contributed by atoms with E-state index in [1.165, 1.54) is 18.2 Å². The molecule has 0 aromatic heterocycles. The Labute approximate surface area is 127 Å². The van der Waals surface area contributed by atoms with Crippen LogP contribution in [0.25, 0.3) is 0 Å². The number of carbonyl (C=O) groups is 1. The van der Waals surface area contributed by atoms with E-state index in [-0.39, 0.29) is 17.9 Å². The summed E-state index contributed by atoms with van der Waals surface area (Å²) in [5.41, 5.74) is 6.64. The van der Waals surface area contributed by atoms with Gasteiger partial charge in [0.2, 0.25) is 0 Å². The maximum atomic E-state index is 12.2. The Bertz CT molecular complexity index is 733. The number of hydrogen-bond donors (Lipinski definition) is 3. The molecule has 0 saturated heterocycles. The van der Waals surface area contributed by atoms with E-state index in [2.05, 4.69) is 17.2 Å². The molecule has 2 aromatic rings. The van der Waals surface area contributed by atoms with E-state index in [0.717, 1.165) is 0 Å². The Morgan fingerprint density at radius 3 is 2.81 bits per heavy atom. The lowest BCUT2D eigenvalue weighted by atomic mass is 10.1. The highest BCUT2D eigenvalue weighted by molar-refractivity contribution is 6.31. The SMILES string of the molecule is NCC#Cc1ccccc1NC(=O)c1cc(Cl)ccc1O. The zero-order valence-corrected chi connectivity index (χ0v) is 11.8. The predicted octanol–water partition coefficient (Wildman–Crippen LogP) is 2.61. The van der Waals surface area contributed by atoms with Crippen LogP contribution in [0.2, 0.25) is 5.02 Å². The Morgan fingerprint density at radius 2 is 2.05 bits per heavy atom. The van der Waals surface area contributed by atoms with Crippen LogP contribution in [0.5, 0.6) is 5.75 Å². The number of rotatable bonds is 2. The number of nitrogens with two attached hydrogens (primary N) is 1. The third kappa shape index (κ3) is 3.76. The van der Waals surface area contributed by atoms with Crippen molar-refractivity contribution in [1.29, 1.82) is 0 Å². The average Bonchev–Trinajstić information content (AvgIpc) is 2.48. The van der Waals surface area contributed by atoms with Crippen molar-refractivity contribution in [2.75, 3.05) is 11.9 Å². The lowest BCUT2D eigenvalue weighted by Crippen LogP contribution is -2.13. The lowest BCUT2D eigenvalue weighted by Gasteiger charge is -2.09. The van der Waals surface area contributed by atoms with Gasteiger partial charge in [-0.25, -0.2) is 0 Å². The van der Waals surface area contributed by atoms with Gasteiger partial charge in [0.15, 0.2) is 0 Å². The number of benzene rings is 2. The molecule has 0 atom stereocenters. The predicted molar refractivity (Wildman–Crippen MR) is 83.4 cm³/mol. The molecule has 0 aliphatic rings. The number of carbonyl (C=O) groups excluding carboxylic acids is 1. The summed E-state index contributed by atoms with van der Waals surface area (Å²) in [6.07, 6.45) is 0. The summed E-state index contributed by atoms with van der Waals surface area (Å²) in [6.45, 7) is 0.233.